The summed E-state index contributed by atoms with van der Waals surface area (Å²) in [6, 6.07) is 11.4. The molecule has 0 aromatic heterocycles. The molecule has 0 saturated heterocycles. The van der Waals surface area contributed by atoms with Crippen molar-refractivity contribution in [2.45, 2.75) is 26.5 Å². The minimum atomic E-state index is 0.151. The van der Waals surface area contributed by atoms with E-state index in [4.69, 9.17) is 27.9 Å². The number of ether oxygens (including phenoxy) is 1. The number of rotatable bonds is 5. The average molecular weight is 389 g/mol. The summed E-state index contributed by atoms with van der Waals surface area (Å²) in [6.45, 7) is 4.68. The number of benzene rings is 2. The molecule has 0 heterocycles. The van der Waals surface area contributed by atoms with Gasteiger partial charge in [-0.2, -0.15) is 0 Å². The Labute approximate surface area is 143 Å². The summed E-state index contributed by atoms with van der Waals surface area (Å²) in [5.74, 6) is 0.846. The van der Waals surface area contributed by atoms with Gasteiger partial charge in [-0.3, -0.25) is 0 Å². The van der Waals surface area contributed by atoms with Gasteiger partial charge in [0.05, 0.1) is 21.3 Å². The van der Waals surface area contributed by atoms with E-state index in [0.29, 0.717) is 16.6 Å². The van der Waals surface area contributed by atoms with Gasteiger partial charge in [-0.1, -0.05) is 29.3 Å². The van der Waals surface area contributed by atoms with Gasteiger partial charge >= 0.3 is 0 Å². The normalized spacial score (nSPS) is 10.8. The molecular formula is C16H16BrCl2NO. The molecule has 0 saturated carbocycles. The topological polar surface area (TPSA) is 21.3 Å². The summed E-state index contributed by atoms with van der Waals surface area (Å²) < 4.78 is 6.63. The lowest BCUT2D eigenvalue weighted by Gasteiger charge is -2.13. The number of hydrogen-bond donors (Lipinski definition) is 1. The quantitative estimate of drug-likeness (QED) is 0.662. The molecule has 0 spiro atoms. The van der Waals surface area contributed by atoms with E-state index in [0.717, 1.165) is 21.5 Å². The number of hydrogen-bond acceptors (Lipinski definition) is 2. The van der Waals surface area contributed by atoms with Gasteiger partial charge < -0.3 is 10.1 Å². The first kappa shape index (κ1) is 16.5. The molecule has 0 aliphatic carbocycles. The highest BCUT2D eigenvalue weighted by Gasteiger charge is 2.06. The molecule has 2 nitrogen and oxygen atoms in total. The van der Waals surface area contributed by atoms with Crippen molar-refractivity contribution in [3.05, 3.63) is 56.5 Å². The zero-order valence-electron chi connectivity index (χ0n) is 11.8. The van der Waals surface area contributed by atoms with Crippen molar-refractivity contribution in [1.82, 2.24) is 0 Å². The van der Waals surface area contributed by atoms with Gasteiger partial charge in [0.25, 0.3) is 0 Å². The summed E-state index contributed by atoms with van der Waals surface area (Å²) in [6.07, 6.45) is 0.151. The molecule has 5 heteroatoms. The Morgan fingerprint density at radius 2 is 1.90 bits per heavy atom. The van der Waals surface area contributed by atoms with Gasteiger partial charge in [0, 0.05) is 11.6 Å². The second-order valence-corrected chi connectivity index (χ2v) is 6.61. The van der Waals surface area contributed by atoms with Crippen LogP contribution >= 0.6 is 39.1 Å². The highest BCUT2D eigenvalue weighted by atomic mass is 79.9. The van der Waals surface area contributed by atoms with Crippen molar-refractivity contribution in [1.29, 1.82) is 0 Å². The van der Waals surface area contributed by atoms with Crippen molar-refractivity contribution in [2.75, 3.05) is 5.32 Å². The van der Waals surface area contributed by atoms with Crippen molar-refractivity contribution in [3.8, 4) is 5.75 Å². The zero-order chi connectivity index (χ0) is 15.4. The van der Waals surface area contributed by atoms with Crippen molar-refractivity contribution in [3.63, 3.8) is 0 Å². The molecule has 2 rings (SSSR count). The molecule has 0 radical (unpaired) electrons. The fourth-order valence-corrected chi connectivity index (χ4v) is 2.83. The molecular weight excluding hydrogens is 373 g/mol. The molecule has 2 aromatic carbocycles. The predicted molar refractivity (Wildman–Crippen MR) is 93.7 cm³/mol. The van der Waals surface area contributed by atoms with Crippen LogP contribution in [0.15, 0.2) is 40.9 Å². The number of nitrogens with one attached hydrogen (secondary N) is 1. The fraction of sp³-hybridized carbons (Fsp3) is 0.250. The monoisotopic (exact) mass is 387 g/mol. The van der Waals surface area contributed by atoms with E-state index in [-0.39, 0.29) is 6.10 Å². The van der Waals surface area contributed by atoms with E-state index in [1.54, 1.807) is 6.07 Å². The largest absolute Gasteiger partial charge is 0.490 e. The maximum absolute atomic E-state index is 6.13. The molecule has 0 aliphatic rings. The second-order valence-electron chi connectivity index (χ2n) is 4.91. The number of anilines is 1. The van der Waals surface area contributed by atoms with Gasteiger partial charge in [-0.05, 0) is 65.7 Å². The maximum Gasteiger partial charge on any atom is 0.133 e. The smallest absolute Gasteiger partial charge is 0.133 e. The molecule has 0 unspecified atom stereocenters. The van der Waals surface area contributed by atoms with Crippen LogP contribution in [0.3, 0.4) is 0 Å². The van der Waals surface area contributed by atoms with E-state index >= 15 is 0 Å². The van der Waals surface area contributed by atoms with Crippen LogP contribution in [0, 0.1) is 0 Å². The van der Waals surface area contributed by atoms with Crippen molar-refractivity contribution in [2.24, 2.45) is 0 Å². The highest BCUT2D eigenvalue weighted by molar-refractivity contribution is 9.10. The number of halogens is 3. The molecule has 112 valence electrons. The van der Waals surface area contributed by atoms with Crippen molar-refractivity contribution < 1.29 is 4.74 Å². The first-order valence-electron chi connectivity index (χ1n) is 6.59. The highest BCUT2D eigenvalue weighted by Crippen LogP contribution is 2.29. The standard InChI is InChI=1S/C16H16BrCl2NO/c1-10(2)21-16-6-3-11(7-13(16)17)9-20-15-5-4-12(18)8-14(15)19/h3-8,10,20H,9H2,1-2H3. The first-order valence-corrected chi connectivity index (χ1v) is 8.14. The fourth-order valence-electron chi connectivity index (χ4n) is 1.83. The summed E-state index contributed by atoms with van der Waals surface area (Å²) in [7, 11) is 0. The molecule has 0 aliphatic heterocycles. The lowest BCUT2D eigenvalue weighted by atomic mass is 10.2. The summed E-state index contributed by atoms with van der Waals surface area (Å²) in [4.78, 5) is 0. The third-order valence-corrected chi connectivity index (χ3v) is 3.94. The van der Waals surface area contributed by atoms with Crippen LogP contribution < -0.4 is 10.1 Å². The minimum absolute atomic E-state index is 0.151. The van der Waals surface area contributed by atoms with E-state index in [1.807, 2.05) is 44.2 Å². The summed E-state index contributed by atoms with van der Waals surface area (Å²) in [5.41, 5.74) is 1.99. The molecule has 0 atom stereocenters. The molecule has 0 bridgehead atoms. The zero-order valence-corrected chi connectivity index (χ0v) is 14.9. The minimum Gasteiger partial charge on any atom is -0.490 e. The van der Waals surface area contributed by atoms with Crippen LogP contribution in [0.5, 0.6) is 5.75 Å². The van der Waals surface area contributed by atoms with E-state index in [9.17, 15) is 0 Å². The Kier molecular flexibility index (Phi) is 5.80. The Morgan fingerprint density at radius 3 is 2.52 bits per heavy atom. The molecule has 2 aromatic rings. The molecule has 0 fully saturated rings. The Balaban J connectivity index is 2.05. The Morgan fingerprint density at radius 1 is 1.14 bits per heavy atom. The Bertz CT molecular complexity index is 632. The maximum atomic E-state index is 6.13. The molecule has 0 amide bonds. The van der Waals surface area contributed by atoms with Crippen LogP contribution in [0.1, 0.15) is 19.4 Å². The molecule has 21 heavy (non-hydrogen) atoms. The van der Waals surface area contributed by atoms with Gasteiger partial charge in [0.1, 0.15) is 5.75 Å². The van der Waals surface area contributed by atoms with E-state index in [1.165, 1.54) is 0 Å². The third kappa shape index (κ3) is 4.80. The van der Waals surface area contributed by atoms with Crippen LogP contribution in [-0.4, -0.2) is 6.10 Å². The van der Waals surface area contributed by atoms with Gasteiger partial charge in [0.2, 0.25) is 0 Å². The van der Waals surface area contributed by atoms with Crippen LogP contribution in [-0.2, 0) is 6.54 Å². The van der Waals surface area contributed by atoms with Crippen LogP contribution in [0.25, 0.3) is 0 Å². The van der Waals surface area contributed by atoms with E-state index in [2.05, 4.69) is 21.2 Å². The first-order chi connectivity index (χ1) is 9.95. The summed E-state index contributed by atoms with van der Waals surface area (Å²) >= 11 is 15.5. The predicted octanol–water partition coefficient (Wildman–Crippen LogP) is 6.16. The van der Waals surface area contributed by atoms with Crippen molar-refractivity contribution >= 4 is 44.8 Å². The Hall–Kier alpha value is -0.900. The van der Waals surface area contributed by atoms with Gasteiger partial charge in [-0.15, -0.1) is 0 Å². The SMILES string of the molecule is CC(C)Oc1ccc(CNc2ccc(Cl)cc2Cl)cc1Br. The van der Waals surface area contributed by atoms with E-state index < -0.39 is 0 Å². The van der Waals surface area contributed by atoms with Gasteiger partial charge in [-0.25, -0.2) is 0 Å². The lowest BCUT2D eigenvalue weighted by Crippen LogP contribution is -2.06. The average Bonchev–Trinajstić information content (AvgIpc) is 2.40. The molecule has 1 N–H and O–H groups in total. The second kappa shape index (κ2) is 7.39. The summed E-state index contributed by atoms with van der Waals surface area (Å²) in [5, 5.41) is 4.53. The lowest BCUT2D eigenvalue weighted by molar-refractivity contribution is 0.241. The van der Waals surface area contributed by atoms with Gasteiger partial charge in [0.15, 0.2) is 0 Å². The van der Waals surface area contributed by atoms with Crippen LogP contribution in [0.2, 0.25) is 10.0 Å². The third-order valence-electron chi connectivity index (χ3n) is 2.77. The van der Waals surface area contributed by atoms with Crippen LogP contribution in [0.4, 0.5) is 5.69 Å².